The summed E-state index contributed by atoms with van der Waals surface area (Å²) in [5.41, 5.74) is 5.92. The molecule has 0 spiro atoms. The van der Waals surface area contributed by atoms with E-state index in [4.69, 9.17) is 0 Å². The maximum atomic E-state index is 2.60. The maximum Gasteiger partial charge on any atom is 0.0525 e. The van der Waals surface area contributed by atoms with Gasteiger partial charge in [-0.2, -0.15) is 0 Å². The molecule has 0 N–H and O–H groups in total. The molecule has 0 aliphatic carbocycles. The highest BCUT2D eigenvalue weighted by molar-refractivity contribution is 5.98. The third-order valence-corrected chi connectivity index (χ3v) is 5.87. The van der Waals surface area contributed by atoms with Crippen LogP contribution >= 0.6 is 0 Å². The van der Waals surface area contributed by atoms with Crippen LogP contribution in [0.4, 0.5) is 11.4 Å². The minimum Gasteiger partial charge on any atom is -0.341 e. The largest absolute Gasteiger partial charge is 0.341 e. The van der Waals surface area contributed by atoms with Crippen LogP contribution in [-0.2, 0) is 12.8 Å². The van der Waals surface area contributed by atoms with E-state index in [1.54, 1.807) is 11.1 Å². The van der Waals surface area contributed by atoms with Gasteiger partial charge in [0.25, 0.3) is 0 Å². The topological polar surface area (TPSA) is 3.24 Å². The molecule has 0 fully saturated rings. The van der Waals surface area contributed by atoms with E-state index >= 15 is 0 Å². The maximum absolute atomic E-state index is 2.60. The summed E-state index contributed by atoms with van der Waals surface area (Å²) in [6.07, 6.45) is 9.76. The van der Waals surface area contributed by atoms with Gasteiger partial charge in [0, 0.05) is 17.6 Å². The van der Waals surface area contributed by atoms with Gasteiger partial charge in [-0.1, -0.05) is 88.6 Å². The van der Waals surface area contributed by atoms with Crippen LogP contribution in [-0.4, -0.2) is 6.54 Å². The molecular weight excluding hydrogens is 350 g/mol. The van der Waals surface area contributed by atoms with Crippen molar-refractivity contribution in [3.8, 4) is 0 Å². The molecule has 0 saturated carbocycles. The van der Waals surface area contributed by atoms with E-state index in [-0.39, 0.29) is 0 Å². The van der Waals surface area contributed by atoms with Crippen LogP contribution < -0.4 is 4.90 Å². The number of anilines is 2. The fraction of sp³-hybridized carbons (Fsp3) is 0.429. The molecule has 0 unspecified atom stereocenters. The smallest absolute Gasteiger partial charge is 0.0525 e. The Kier molecular flexibility index (Phi) is 8.16. The van der Waals surface area contributed by atoms with Gasteiger partial charge in [0.1, 0.15) is 0 Å². The predicted molar refractivity (Wildman–Crippen MR) is 130 cm³/mol. The van der Waals surface area contributed by atoms with Gasteiger partial charge in [-0.25, -0.2) is 0 Å². The van der Waals surface area contributed by atoms with Crippen LogP contribution in [0.3, 0.4) is 0 Å². The van der Waals surface area contributed by atoms with E-state index in [1.807, 2.05) is 0 Å². The summed E-state index contributed by atoms with van der Waals surface area (Å²) in [5.74, 6) is 0. The number of benzene rings is 3. The summed E-state index contributed by atoms with van der Waals surface area (Å²) in [7, 11) is 0. The molecule has 1 nitrogen and oxygen atoms in total. The summed E-state index contributed by atoms with van der Waals surface area (Å²) >= 11 is 0. The Morgan fingerprint density at radius 3 is 2.07 bits per heavy atom. The average Bonchev–Trinajstić information content (AvgIpc) is 2.77. The number of rotatable bonds is 11. The van der Waals surface area contributed by atoms with Crippen molar-refractivity contribution in [3.63, 3.8) is 0 Å². The zero-order valence-electron chi connectivity index (χ0n) is 18.6. The Hall–Kier alpha value is -2.28. The minimum atomic E-state index is 1.07. The highest BCUT2D eigenvalue weighted by atomic mass is 15.1. The third kappa shape index (κ3) is 5.21. The van der Waals surface area contributed by atoms with Crippen LogP contribution in [0, 0.1) is 0 Å². The van der Waals surface area contributed by atoms with Crippen molar-refractivity contribution in [1.82, 2.24) is 0 Å². The van der Waals surface area contributed by atoms with Crippen LogP contribution in [0.15, 0.2) is 60.7 Å². The Labute approximate surface area is 177 Å². The lowest BCUT2D eigenvalue weighted by Crippen LogP contribution is -2.21. The molecule has 29 heavy (non-hydrogen) atoms. The summed E-state index contributed by atoms with van der Waals surface area (Å²) < 4.78 is 0. The molecule has 3 aromatic rings. The number of hydrogen-bond donors (Lipinski definition) is 0. The monoisotopic (exact) mass is 387 g/mol. The number of nitrogens with zero attached hydrogens (tertiary/aromatic N) is 1. The summed E-state index contributed by atoms with van der Waals surface area (Å²) in [5, 5.41) is 2.78. The first-order chi connectivity index (χ1) is 14.3. The minimum absolute atomic E-state index is 1.07. The highest BCUT2D eigenvalue weighted by Gasteiger charge is 2.19. The summed E-state index contributed by atoms with van der Waals surface area (Å²) in [4.78, 5) is 2.60. The molecule has 0 aliphatic heterocycles. The van der Waals surface area contributed by atoms with Gasteiger partial charge in [-0.15, -0.1) is 0 Å². The second kappa shape index (κ2) is 11.0. The Morgan fingerprint density at radius 1 is 0.690 bits per heavy atom. The zero-order chi connectivity index (χ0) is 20.5. The summed E-state index contributed by atoms with van der Waals surface area (Å²) in [6.45, 7) is 7.96. The fourth-order valence-corrected chi connectivity index (χ4v) is 4.25. The number of hydrogen-bond acceptors (Lipinski definition) is 1. The van der Waals surface area contributed by atoms with Crippen molar-refractivity contribution in [2.24, 2.45) is 0 Å². The number of para-hydroxylation sites is 1. The van der Waals surface area contributed by atoms with E-state index in [9.17, 15) is 0 Å². The van der Waals surface area contributed by atoms with Gasteiger partial charge in [0.15, 0.2) is 0 Å². The molecule has 3 aromatic carbocycles. The Bertz CT molecular complexity index is 881. The average molecular weight is 388 g/mol. The number of unbranched alkanes of at least 4 members (excludes halogenated alkanes) is 3. The molecule has 0 bridgehead atoms. The lowest BCUT2D eigenvalue weighted by Gasteiger charge is -2.30. The number of fused-ring (bicyclic) bond motifs is 1. The Balaban J connectivity index is 2.24. The molecule has 0 heterocycles. The third-order valence-electron chi connectivity index (χ3n) is 5.87. The lowest BCUT2D eigenvalue weighted by atomic mass is 9.91. The standard InChI is InChI=1S/C28H37N/c1-4-7-15-23-22-24-16-13-14-20-27(24)28(26(23)19-8-5-2)29(21-9-6-3)25-17-11-10-12-18-25/h10-14,16-18,20,22H,4-9,15,19,21H2,1-3H3. The van der Waals surface area contributed by atoms with Crippen molar-refractivity contribution in [3.05, 3.63) is 71.8 Å². The van der Waals surface area contributed by atoms with Crippen molar-refractivity contribution < 1.29 is 0 Å². The predicted octanol–water partition coefficient (Wildman–Crippen LogP) is 8.46. The molecule has 0 atom stereocenters. The SMILES string of the molecule is CCCCc1cc2ccccc2c(N(CCCC)c2ccccc2)c1CCCC. The van der Waals surface area contributed by atoms with Crippen molar-refractivity contribution in [2.75, 3.05) is 11.4 Å². The van der Waals surface area contributed by atoms with Crippen molar-refractivity contribution >= 4 is 22.1 Å². The van der Waals surface area contributed by atoms with Gasteiger partial charge < -0.3 is 4.90 Å². The normalized spacial score (nSPS) is 11.1. The van der Waals surface area contributed by atoms with Crippen LogP contribution in [0.1, 0.15) is 70.4 Å². The molecule has 0 amide bonds. The van der Waals surface area contributed by atoms with Gasteiger partial charge in [0.05, 0.1) is 5.69 Å². The first-order valence-corrected chi connectivity index (χ1v) is 11.7. The first-order valence-electron chi connectivity index (χ1n) is 11.7. The fourth-order valence-electron chi connectivity index (χ4n) is 4.25. The molecule has 0 aromatic heterocycles. The number of aryl methyl sites for hydroxylation is 1. The summed E-state index contributed by atoms with van der Waals surface area (Å²) in [6, 6.07) is 22.5. The van der Waals surface area contributed by atoms with Crippen LogP contribution in [0.2, 0.25) is 0 Å². The zero-order valence-corrected chi connectivity index (χ0v) is 18.6. The Morgan fingerprint density at radius 2 is 1.34 bits per heavy atom. The quantitative estimate of drug-likeness (QED) is 0.319. The molecule has 3 rings (SSSR count). The van der Waals surface area contributed by atoms with Gasteiger partial charge in [0.2, 0.25) is 0 Å². The van der Waals surface area contributed by atoms with E-state index in [1.165, 1.54) is 73.5 Å². The molecular formula is C28H37N. The molecule has 154 valence electrons. The second-order valence-electron chi connectivity index (χ2n) is 8.13. The van der Waals surface area contributed by atoms with Crippen LogP contribution in [0.25, 0.3) is 10.8 Å². The van der Waals surface area contributed by atoms with E-state index in [0.29, 0.717) is 0 Å². The second-order valence-corrected chi connectivity index (χ2v) is 8.13. The molecule has 0 saturated heterocycles. The molecule has 0 aliphatic rings. The van der Waals surface area contributed by atoms with E-state index in [2.05, 4.69) is 86.3 Å². The van der Waals surface area contributed by atoms with Crippen molar-refractivity contribution in [1.29, 1.82) is 0 Å². The molecule has 1 heteroatoms. The van der Waals surface area contributed by atoms with E-state index in [0.717, 1.165) is 6.54 Å². The van der Waals surface area contributed by atoms with Gasteiger partial charge >= 0.3 is 0 Å². The molecule has 0 radical (unpaired) electrons. The van der Waals surface area contributed by atoms with E-state index < -0.39 is 0 Å². The first kappa shape index (κ1) is 21.4. The highest BCUT2D eigenvalue weighted by Crippen LogP contribution is 2.39. The van der Waals surface area contributed by atoms with Gasteiger partial charge in [-0.05, 0) is 60.7 Å². The lowest BCUT2D eigenvalue weighted by molar-refractivity contribution is 0.749. The van der Waals surface area contributed by atoms with Crippen LogP contribution in [0.5, 0.6) is 0 Å². The van der Waals surface area contributed by atoms with Gasteiger partial charge in [-0.3, -0.25) is 0 Å². The van der Waals surface area contributed by atoms with Crippen molar-refractivity contribution in [2.45, 2.75) is 72.1 Å².